The van der Waals surface area contributed by atoms with E-state index in [0.29, 0.717) is 11.6 Å². The predicted octanol–water partition coefficient (Wildman–Crippen LogP) is 3.42. The van der Waals surface area contributed by atoms with Crippen LogP contribution in [0.1, 0.15) is 32.7 Å². The Morgan fingerprint density at radius 3 is 2.32 bits per heavy atom. The summed E-state index contributed by atoms with van der Waals surface area (Å²) < 4.78 is 1.60. The van der Waals surface area contributed by atoms with Crippen molar-refractivity contribution in [2.75, 3.05) is 0 Å². The van der Waals surface area contributed by atoms with Crippen LogP contribution in [-0.4, -0.2) is 15.6 Å². The fourth-order valence-electron chi connectivity index (χ4n) is 2.38. The van der Waals surface area contributed by atoms with E-state index >= 15 is 0 Å². The summed E-state index contributed by atoms with van der Waals surface area (Å²) in [6, 6.07) is 5.87. The summed E-state index contributed by atoms with van der Waals surface area (Å²) in [6.45, 7) is 5.79. The molecule has 0 saturated carbocycles. The van der Waals surface area contributed by atoms with E-state index in [0.717, 1.165) is 27.9 Å². The van der Waals surface area contributed by atoms with Crippen LogP contribution in [0, 0.1) is 20.8 Å². The highest BCUT2D eigenvalue weighted by molar-refractivity contribution is 6.30. The molecule has 2 aromatic rings. The quantitative estimate of drug-likeness (QED) is 0.805. The van der Waals surface area contributed by atoms with Gasteiger partial charge in [-0.2, -0.15) is 5.10 Å². The van der Waals surface area contributed by atoms with E-state index in [-0.39, 0.29) is 5.78 Å². The first-order valence-electron chi connectivity index (χ1n) is 6.19. The molecule has 19 heavy (non-hydrogen) atoms. The van der Waals surface area contributed by atoms with Crippen molar-refractivity contribution in [1.82, 2.24) is 9.78 Å². The lowest BCUT2D eigenvalue weighted by Gasteiger charge is -2.08. The molecule has 0 aliphatic carbocycles. The molecule has 1 heterocycles. The van der Waals surface area contributed by atoms with Crippen LogP contribution in [0.5, 0.6) is 0 Å². The number of ketones is 1. The van der Waals surface area contributed by atoms with E-state index < -0.39 is 0 Å². The minimum absolute atomic E-state index is 0.0913. The van der Waals surface area contributed by atoms with Crippen molar-refractivity contribution in [2.45, 2.75) is 27.2 Å². The lowest BCUT2D eigenvalue weighted by Crippen LogP contribution is -2.08. The molecule has 4 heteroatoms. The lowest BCUT2D eigenvalue weighted by molar-refractivity contribution is 0.0991. The van der Waals surface area contributed by atoms with Crippen molar-refractivity contribution < 1.29 is 4.79 Å². The second kappa shape index (κ2) is 5.17. The molecule has 1 aromatic carbocycles. The van der Waals surface area contributed by atoms with E-state index in [1.165, 1.54) is 0 Å². The molecule has 0 bridgehead atoms. The van der Waals surface area contributed by atoms with Crippen LogP contribution in [0.2, 0.25) is 5.15 Å². The number of hydrogen-bond acceptors (Lipinski definition) is 2. The molecular weight excluding hydrogens is 260 g/mol. The Morgan fingerprint density at radius 1 is 1.26 bits per heavy atom. The van der Waals surface area contributed by atoms with E-state index in [1.54, 1.807) is 11.7 Å². The van der Waals surface area contributed by atoms with Gasteiger partial charge in [-0.1, -0.05) is 29.8 Å². The number of aryl methyl sites for hydroxylation is 4. The molecule has 0 saturated heterocycles. The highest BCUT2D eigenvalue weighted by Gasteiger charge is 2.18. The smallest absolute Gasteiger partial charge is 0.167 e. The predicted molar refractivity (Wildman–Crippen MR) is 76.9 cm³/mol. The van der Waals surface area contributed by atoms with Crippen LogP contribution < -0.4 is 0 Å². The van der Waals surface area contributed by atoms with Crippen molar-refractivity contribution in [1.29, 1.82) is 0 Å². The SMILES string of the molecule is Cc1cccc(C)c1C(=O)Cc1c(C)nn(C)c1Cl. The van der Waals surface area contributed by atoms with Crippen LogP contribution >= 0.6 is 11.6 Å². The summed E-state index contributed by atoms with van der Waals surface area (Å²) in [4.78, 5) is 12.5. The van der Waals surface area contributed by atoms with E-state index in [4.69, 9.17) is 11.6 Å². The first kappa shape index (κ1) is 13.8. The zero-order chi connectivity index (χ0) is 14.2. The standard InChI is InChI=1S/C15H17ClN2O/c1-9-6-5-7-10(2)14(9)13(19)8-12-11(3)17-18(4)15(12)16/h5-7H,8H2,1-4H3. The van der Waals surface area contributed by atoms with E-state index in [2.05, 4.69) is 5.10 Å². The van der Waals surface area contributed by atoms with Gasteiger partial charge in [-0.3, -0.25) is 9.48 Å². The summed E-state index contributed by atoms with van der Waals surface area (Å²) >= 11 is 6.17. The van der Waals surface area contributed by atoms with Crippen molar-refractivity contribution in [2.24, 2.45) is 7.05 Å². The van der Waals surface area contributed by atoms with Crippen LogP contribution in [0.3, 0.4) is 0 Å². The summed E-state index contributed by atoms with van der Waals surface area (Å²) in [7, 11) is 1.78. The van der Waals surface area contributed by atoms with Crippen molar-refractivity contribution >= 4 is 17.4 Å². The van der Waals surface area contributed by atoms with Gasteiger partial charge < -0.3 is 0 Å². The lowest BCUT2D eigenvalue weighted by atomic mass is 9.95. The molecule has 0 aliphatic rings. The molecular formula is C15H17ClN2O. The Labute approximate surface area is 118 Å². The second-order valence-corrected chi connectivity index (χ2v) is 5.20. The van der Waals surface area contributed by atoms with Gasteiger partial charge >= 0.3 is 0 Å². The van der Waals surface area contributed by atoms with E-state index in [9.17, 15) is 4.79 Å². The topological polar surface area (TPSA) is 34.9 Å². The summed E-state index contributed by atoms with van der Waals surface area (Å²) in [5.41, 5.74) is 4.43. The zero-order valence-electron chi connectivity index (χ0n) is 11.6. The molecule has 0 aliphatic heterocycles. The second-order valence-electron chi connectivity index (χ2n) is 4.85. The Kier molecular flexibility index (Phi) is 3.76. The third-order valence-electron chi connectivity index (χ3n) is 3.37. The Morgan fingerprint density at radius 2 is 1.84 bits per heavy atom. The van der Waals surface area contributed by atoms with Gasteiger partial charge in [0.25, 0.3) is 0 Å². The van der Waals surface area contributed by atoms with E-state index in [1.807, 2.05) is 39.0 Å². The molecule has 3 nitrogen and oxygen atoms in total. The first-order chi connectivity index (χ1) is 8.91. The highest BCUT2D eigenvalue weighted by atomic mass is 35.5. The zero-order valence-corrected chi connectivity index (χ0v) is 12.4. The molecule has 0 amide bonds. The Bertz CT molecular complexity index is 624. The van der Waals surface area contributed by atoms with Gasteiger partial charge in [-0.15, -0.1) is 0 Å². The van der Waals surface area contributed by atoms with Gasteiger partial charge in [-0.25, -0.2) is 0 Å². The van der Waals surface area contributed by atoms with Crippen molar-refractivity contribution in [3.63, 3.8) is 0 Å². The number of halogens is 1. The maximum atomic E-state index is 12.5. The van der Waals surface area contributed by atoms with Gasteiger partial charge in [0.05, 0.1) is 5.69 Å². The average Bonchev–Trinajstić information content (AvgIpc) is 2.56. The van der Waals surface area contributed by atoms with Gasteiger partial charge in [0.15, 0.2) is 5.78 Å². The number of benzene rings is 1. The number of carbonyl (C=O) groups excluding carboxylic acids is 1. The van der Waals surface area contributed by atoms with Gasteiger partial charge in [0.1, 0.15) is 5.15 Å². The Hall–Kier alpha value is -1.61. The minimum Gasteiger partial charge on any atom is -0.294 e. The molecule has 0 radical (unpaired) electrons. The number of aromatic nitrogens is 2. The molecule has 0 N–H and O–H groups in total. The van der Waals surface area contributed by atoms with Crippen LogP contribution in [0.15, 0.2) is 18.2 Å². The number of nitrogens with zero attached hydrogens (tertiary/aromatic N) is 2. The molecule has 0 unspecified atom stereocenters. The maximum absolute atomic E-state index is 12.5. The van der Waals surface area contributed by atoms with Crippen LogP contribution in [0.4, 0.5) is 0 Å². The van der Waals surface area contributed by atoms with Crippen LogP contribution in [0.25, 0.3) is 0 Å². The molecule has 1 aromatic heterocycles. The fraction of sp³-hybridized carbons (Fsp3) is 0.333. The van der Waals surface area contributed by atoms with Crippen molar-refractivity contribution in [3.05, 3.63) is 51.3 Å². The van der Waals surface area contributed by atoms with Crippen molar-refractivity contribution in [3.8, 4) is 0 Å². The molecule has 0 fully saturated rings. The van der Waals surface area contributed by atoms with Gasteiger partial charge in [0.2, 0.25) is 0 Å². The fourth-order valence-corrected chi connectivity index (χ4v) is 2.62. The monoisotopic (exact) mass is 276 g/mol. The molecule has 0 spiro atoms. The number of carbonyl (C=O) groups is 1. The maximum Gasteiger partial charge on any atom is 0.167 e. The van der Waals surface area contributed by atoms with Crippen LogP contribution in [-0.2, 0) is 13.5 Å². The normalized spacial score (nSPS) is 10.8. The first-order valence-corrected chi connectivity index (χ1v) is 6.57. The summed E-state index contributed by atoms with van der Waals surface area (Å²) in [5.74, 6) is 0.0913. The average molecular weight is 277 g/mol. The number of rotatable bonds is 3. The number of hydrogen-bond donors (Lipinski definition) is 0. The molecule has 2 rings (SSSR count). The largest absolute Gasteiger partial charge is 0.294 e. The van der Waals surface area contributed by atoms with Gasteiger partial charge in [-0.05, 0) is 31.9 Å². The minimum atomic E-state index is 0.0913. The third kappa shape index (κ3) is 2.56. The Balaban J connectivity index is 2.36. The number of Topliss-reactive ketones (excluding diaryl/α,β-unsaturated/α-hetero) is 1. The van der Waals surface area contributed by atoms with Gasteiger partial charge in [0, 0.05) is 24.6 Å². The highest BCUT2D eigenvalue weighted by Crippen LogP contribution is 2.22. The third-order valence-corrected chi connectivity index (χ3v) is 3.84. The molecule has 100 valence electrons. The molecule has 0 atom stereocenters. The summed E-state index contributed by atoms with van der Waals surface area (Å²) in [6.07, 6.45) is 0.296. The summed E-state index contributed by atoms with van der Waals surface area (Å²) in [5, 5.41) is 4.77.